The van der Waals surface area contributed by atoms with Crippen molar-refractivity contribution in [3.63, 3.8) is 0 Å². The lowest BCUT2D eigenvalue weighted by Crippen LogP contribution is -2.35. The molecule has 4 rings (SSSR count). The van der Waals surface area contributed by atoms with Crippen molar-refractivity contribution in [3.8, 4) is 11.1 Å². The van der Waals surface area contributed by atoms with E-state index in [2.05, 4.69) is 36.9 Å². The molecule has 2 aromatic rings. The molecule has 1 saturated carbocycles. The number of hydrogen-bond donors (Lipinski definition) is 0. The number of aryl methyl sites for hydroxylation is 1. The van der Waals surface area contributed by atoms with E-state index < -0.39 is 0 Å². The van der Waals surface area contributed by atoms with Crippen LogP contribution >= 0.6 is 0 Å². The highest BCUT2D eigenvalue weighted by molar-refractivity contribution is 5.86. The molecule has 0 unspecified atom stereocenters. The smallest absolute Gasteiger partial charge is 0.225 e. The predicted molar refractivity (Wildman–Crippen MR) is 122 cm³/mol. The van der Waals surface area contributed by atoms with Crippen molar-refractivity contribution in [2.75, 3.05) is 24.5 Å². The number of benzene rings is 1. The van der Waals surface area contributed by atoms with E-state index in [0.717, 1.165) is 56.3 Å². The Labute approximate surface area is 175 Å². The SMILES string of the molecule is CCc1cccc(-c2cnc(N3CCC(=NCC4CCCCC4)CC3)nc2)c1C. The summed E-state index contributed by atoms with van der Waals surface area (Å²) in [6, 6.07) is 6.51. The van der Waals surface area contributed by atoms with E-state index in [1.54, 1.807) is 0 Å². The van der Waals surface area contributed by atoms with E-state index in [1.807, 2.05) is 12.4 Å². The zero-order valence-electron chi connectivity index (χ0n) is 18.0. The van der Waals surface area contributed by atoms with Crippen LogP contribution in [0.25, 0.3) is 11.1 Å². The summed E-state index contributed by atoms with van der Waals surface area (Å²) in [5, 5.41) is 0. The van der Waals surface area contributed by atoms with Gasteiger partial charge in [0, 0.05) is 56.1 Å². The second-order valence-electron chi connectivity index (χ2n) is 8.61. The third-order valence-corrected chi connectivity index (χ3v) is 6.70. The summed E-state index contributed by atoms with van der Waals surface area (Å²) in [5.74, 6) is 1.68. The lowest BCUT2D eigenvalue weighted by atomic mass is 9.89. The standard InChI is InChI=1S/C25H34N4/c1-3-21-10-7-11-24(19(21)2)22-17-27-25(28-18-22)29-14-12-23(13-15-29)26-16-20-8-5-4-6-9-20/h7,10-11,17-18,20H,3-6,8-9,12-16H2,1-2H3. The van der Waals surface area contributed by atoms with E-state index in [0.29, 0.717) is 0 Å². The van der Waals surface area contributed by atoms with E-state index in [1.165, 1.54) is 54.5 Å². The van der Waals surface area contributed by atoms with Crippen LogP contribution in [0.5, 0.6) is 0 Å². The van der Waals surface area contributed by atoms with Crippen LogP contribution in [-0.2, 0) is 6.42 Å². The van der Waals surface area contributed by atoms with Crippen molar-refractivity contribution in [1.29, 1.82) is 0 Å². The van der Waals surface area contributed by atoms with Gasteiger partial charge in [0.15, 0.2) is 0 Å². The molecule has 0 radical (unpaired) electrons. The third kappa shape index (κ3) is 4.85. The van der Waals surface area contributed by atoms with Crippen LogP contribution in [0, 0.1) is 12.8 Å². The number of anilines is 1. The van der Waals surface area contributed by atoms with Crippen molar-refractivity contribution in [2.45, 2.75) is 65.2 Å². The zero-order chi connectivity index (χ0) is 20.1. The number of piperidine rings is 1. The Morgan fingerprint density at radius 2 is 1.76 bits per heavy atom. The van der Waals surface area contributed by atoms with Crippen molar-refractivity contribution >= 4 is 11.7 Å². The second-order valence-corrected chi connectivity index (χ2v) is 8.61. The van der Waals surface area contributed by atoms with Crippen LogP contribution < -0.4 is 4.90 Å². The maximum atomic E-state index is 4.96. The normalized spacial score (nSPS) is 18.1. The molecular formula is C25H34N4. The number of aliphatic imine (C=N–C) groups is 1. The van der Waals surface area contributed by atoms with Gasteiger partial charge in [0.2, 0.25) is 5.95 Å². The minimum atomic E-state index is 0.833. The fourth-order valence-electron chi connectivity index (χ4n) is 4.75. The molecule has 0 bridgehead atoms. The monoisotopic (exact) mass is 390 g/mol. The highest BCUT2D eigenvalue weighted by atomic mass is 15.2. The van der Waals surface area contributed by atoms with Gasteiger partial charge >= 0.3 is 0 Å². The number of hydrogen-bond acceptors (Lipinski definition) is 4. The predicted octanol–water partition coefficient (Wildman–Crippen LogP) is 5.64. The minimum absolute atomic E-state index is 0.833. The Kier molecular flexibility index (Phi) is 6.58. The van der Waals surface area contributed by atoms with Crippen LogP contribution in [0.3, 0.4) is 0 Å². The lowest BCUT2D eigenvalue weighted by molar-refractivity contribution is 0.366. The molecule has 4 heteroatoms. The molecular weight excluding hydrogens is 356 g/mol. The molecule has 2 aliphatic rings. The molecule has 2 fully saturated rings. The maximum Gasteiger partial charge on any atom is 0.225 e. The number of nitrogens with zero attached hydrogens (tertiary/aromatic N) is 4. The van der Waals surface area contributed by atoms with Gasteiger partial charge in [0.1, 0.15) is 0 Å². The summed E-state index contributed by atoms with van der Waals surface area (Å²) < 4.78 is 0. The Morgan fingerprint density at radius 3 is 2.45 bits per heavy atom. The fourth-order valence-corrected chi connectivity index (χ4v) is 4.75. The second kappa shape index (κ2) is 9.51. The van der Waals surface area contributed by atoms with Gasteiger partial charge in [-0.05, 0) is 48.8 Å². The Morgan fingerprint density at radius 1 is 1.03 bits per heavy atom. The van der Waals surface area contributed by atoms with E-state index in [-0.39, 0.29) is 0 Å². The van der Waals surface area contributed by atoms with Crippen LogP contribution in [-0.4, -0.2) is 35.3 Å². The molecule has 29 heavy (non-hydrogen) atoms. The molecule has 2 heterocycles. The number of aromatic nitrogens is 2. The van der Waals surface area contributed by atoms with E-state index in [9.17, 15) is 0 Å². The summed E-state index contributed by atoms with van der Waals surface area (Å²) in [6.07, 6.45) is 14.1. The minimum Gasteiger partial charge on any atom is -0.340 e. The number of rotatable bonds is 5. The van der Waals surface area contributed by atoms with Gasteiger partial charge in [-0.2, -0.15) is 0 Å². The maximum absolute atomic E-state index is 4.96. The van der Waals surface area contributed by atoms with Gasteiger partial charge in [-0.1, -0.05) is 44.4 Å². The molecule has 154 valence electrons. The quantitative estimate of drug-likeness (QED) is 0.664. The largest absolute Gasteiger partial charge is 0.340 e. The molecule has 1 saturated heterocycles. The summed E-state index contributed by atoms with van der Waals surface area (Å²) in [4.78, 5) is 16.7. The first-order chi connectivity index (χ1) is 14.2. The first kappa shape index (κ1) is 20.1. The van der Waals surface area contributed by atoms with Crippen molar-refractivity contribution in [2.24, 2.45) is 10.9 Å². The molecule has 0 atom stereocenters. The van der Waals surface area contributed by atoms with Gasteiger partial charge in [-0.25, -0.2) is 9.97 Å². The van der Waals surface area contributed by atoms with Gasteiger partial charge in [0.05, 0.1) is 0 Å². The van der Waals surface area contributed by atoms with Crippen molar-refractivity contribution in [3.05, 3.63) is 41.7 Å². The van der Waals surface area contributed by atoms with E-state index in [4.69, 9.17) is 15.0 Å². The van der Waals surface area contributed by atoms with Gasteiger partial charge in [-0.3, -0.25) is 4.99 Å². The highest BCUT2D eigenvalue weighted by Gasteiger charge is 2.19. The molecule has 0 amide bonds. The topological polar surface area (TPSA) is 41.4 Å². The fraction of sp³-hybridized carbons (Fsp3) is 0.560. The first-order valence-electron chi connectivity index (χ1n) is 11.4. The van der Waals surface area contributed by atoms with Crippen LogP contribution in [0.15, 0.2) is 35.6 Å². The molecule has 1 aliphatic heterocycles. The average Bonchev–Trinajstić information content (AvgIpc) is 2.79. The summed E-state index contributed by atoms with van der Waals surface area (Å²) in [6.45, 7) is 7.41. The summed E-state index contributed by atoms with van der Waals surface area (Å²) in [5.41, 5.74) is 6.47. The molecule has 1 aliphatic carbocycles. The van der Waals surface area contributed by atoms with Gasteiger partial charge in [0.25, 0.3) is 0 Å². The molecule has 1 aromatic carbocycles. The lowest BCUT2D eigenvalue weighted by Gasteiger charge is -2.28. The average molecular weight is 391 g/mol. The summed E-state index contributed by atoms with van der Waals surface area (Å²) >= 11 is 0. The van der Waals surface area contributed by atoms with Crippen LogP contribution in [0.1, 0.15) is 63.0 Å². The van der Waals surface area contributed by atoms with Crippen molar-refractivity contribution in [1.82, 2.24) is 9.97 Å². The first-order valence-corrected chi connectivity index (χ1v) is 11.4. The molecule has 1 aromatic heterocycles. The summed E-state index contributed by atoms with van der Waals surface area (Å²) in [7, 11) is 0. The van der Waals surface area contributed by atoms with E-state index >= 15 is 0 Å². The zero-order valence-corrected chi connectivity index (χ0v) is 18.0. The highest BCUT2D eigenvalue weighted by Crippen LogP contribution is 2.27. The molecule has 0 N–H and O–H groups in total. The van der Waals surface area contributed by atoms with Crippen LogP contribution in [0.4, 0.5) is 5.95 Å². The van der Waals surface area contributed by atoms with Crippen molar-refractivity contribution < 1.29 is 0 Å². The van der Waals surface area contributed by atoms with Crippen LogP contribution in [0.2, 0.25) is 0 Å². The van der Waals surface area contributed by atoms with Gasteiger partial charge in [-0.15, -0.1) is 0 Å². The molecule has 0 spiro atoms. The Bertz CT molecular complexity index is 824. The Balaban J connectivity index is 1.36. The van der Waals surface area contributed by atoms with Gasteiger partial charge < -0.3 is 4.90 Å². The molecule has 4 nitrogen and oxygen atoms in total. The Hall–Kier alpha value is -2.23. The third-order valence-electron chi connectivity index (χ3n) is 6.70.